The minimum Gasteiger partial charge on any atom is -0.490 e. The minimum absolute atomic E-state index is 0.111. The second-order valence-electron chi connectivity index (χ2n) is 6.52. The van der Waals surface area contributed by atoms with E-state index in [1.165, 1.54) is 6.07 Å². The first kappa shape index (κ1) is 17.7. The van der Waals surface area contributed by atoms with Gasteiger partial charge >= 0.3 is 0 Å². The van der Waals surface area contributed by atoms with E-state index in [-0.39, 0.29) is 17.4 Å². The highest BCUT2D eigenvalue weighted by Crippen LogP contribution is 2.40. The first-order chi connectivity index (χ1) is 13.6. The number of H-pyrrole nitrogens is 1. The molecule has 0 radical (unpaired) electrons. The van der Waals surface area contributed by atoms with Crippen LogP contribution in [0.15, 0.2) is 53.8 Å². The summed E-state index contributed by atoms with van der Waals surface area (Å²) < 4.78 is 7.18. The van der Waals surface area contributed by atoms with Crippen molar-refractivity contribution in [1.29, 1.82) is 0 Å². The van der Waals surface area contributed by atoms with E-state index >= 15 is 0 Å². The fourth-order valence-electron chi connectivity index (χ4n) is 3.43. The topological polar surface area (TPSA) is 102 Å². The summed E-state index contributed by atoms with van der Waals surface area (Å²) in [5.74, 6) is 1.44. The van der Waals surface area contributed by atoms with Crippen molar-refractivity contribution in [1.82, 2.24) is 20.0 Å². The van der Waals surface area contributed by atoms with Crippen LogP contribution in [0.3, 0.4) is 0 Å². The van der Waals surface area contributed by atoms with Gasteiger partial charge in [-0.05, 0) is 30.7 Å². The quantitative estimate of drug-likeness (QED) is 0.665. The van der Waals surface area contributed by atoms with Crippen molar-refractivity contribution in [2.75, 3.05) is 11.9 Å². The van der Waals surface area contributed by atoms with Crippen molar-refractivity contribution < 1.29 is 9.53 Å². The van der Waals surface area contributed by atoms with Crippen LogP contribution in [0.1, 0.15) is 29.2 Å². The van der Waals surface area contributed by atoms with Crippen LogP contribution in [0.4, 0.5) is 5.82 Å². The Bertz CT molecular complexity index is 1090. The van der Waals surface area contributed by atoms with Crippen LogP contribution in [0.5, 0.6) is 5.75 Å². The molecule has 1 aliphatic rings. The third-order valence-corrected chi connectivity index (χ3v) is 4.61. The Kier molecular flexibility index (Phi) is 4.52. The predicted octanol–water partition coefficient (Wildman–Crippen LogP) is 2.30. The van der Waals surface area contributed by atoms with Gasteiger partial charge in [0.2, 0.25) is 5.91 Å². The first-order valence-corrected chi connectivity index (χ1v) is 8.86. The van der Waals surface area contributed by atoms with Crippen LogP contribution in [-0.4, -0.2) is 32.5 Å². The third kappa shape index (κ3) is 3.20. The second-order valence-corrected chi connectivity index (χ2v) is 6.52. The number of ether oxygens (including phenoxy) is 1. The number of fused-ring (bicyclic) bond motifs is 1. The number of nitrogens with one attached hydrogen (secondary N) is 2. The van der Waals surface area contributed by atoms with Crippen LogP contribution < -0.4 is 15.6 Å². The number of carbonyl (C=O) groups is 1. The van der Waals surface area contributed by atoms with Gasteiger partial charge in [0.15, 0.2) is 5.82 Å². The lowest BCUT2D eigenvalue weighted by Crippen LogP contribution is -2.25. The second kappa shape index (κ2) is 7.15. The van der Waals surface area contributed by atoms with Crippen LogP contribution in [0.25, 0.3) is 5.82 Å². The fraction of sp³-hybridized carbons (Fsp3) is 0.200. The molecule has 8 nitrogen and oxygen atoms in total. The Balaban J connectivity index is 1.79. The molecular formula is C20H19N5O3. The first-order valence-electron chi connectivity index (χ1n) is 8.86. The molecule has 142 valence electrons. The van der Waals surface area contributed by atoms with Crippen molar-refractivity contribution in [3.8, 4) is 11.6 Å². The molecule has 3 aromatic rings. The van der Waals surface area contributed by atoms with E-state index in [4.69, 9.17) is 4.74 Å². The van der Waals surface area contributed by atoms with Crippen molar-refractivity contribution in [2.24, 2.45) is 0 Å². The van der Waals surface area contributed by atoms with E-state index in [2.05, 4.69) is 27.2 Å². The van der Waals surface area contributed by atoms with Gasteiger partial charge in [0.1, 0.15) is 18.2 Å². The highest BCUT2D eigenvalue weighted by atomic mass is 16.5. The van der Waals surface area contributed by atoms with Crippen molar-refractivity contribution in [3.05, 3.63) is 76.2 Å². The molecule has 0 saturated carbocycles. The molecule has 3 heterocycles. The number of anilines is 1. The number of aryl methyl sites for hydroxylation is 1. The summed E-state index contributed by atoms with van der Waals surface area (Å²) >= 11 is 0. The molecule has 0 fully saturated rings. The molecule has 0 spiro atoms. The van der Waals surface area contributed by atoms with Gasteiger partial charge in [0.25, 0.3) is 5.56 Å². The van der Waals surface area contributed by atoms with Crippen molar-refractivity contribution in [2.45, 2.75) is 19.3 Å². The largest absolute Gasteiger partial charge is 0.490 e. The van der Waals surface area contributed by atoms with E-state index in [1.807, 2.05) is 31.2 Å². The molecule has 1 aliphatic heterocycles. The summed E-state index contributed by atoms with van der Waals surface area (Å²) in [6, 6.07) is 10.6. The summed E-state index contributed by atoms with van der Waals surface area (Å²) in [6.07, 6.45) is 1.99. The normalized spacial score (nSPS) is 15.6. The number of aromatic amines is 1. The molecular weight excluding hydrogens is 358 g/mol. The fourth-order valence-corrected chi connectivity index (χ4v) is 3.43. The van der Waals surface area contributed by atoms with Crippen molar-refractivity contribution >= 4 is 11.7 Å². The summed E-state index contributed by atoms with van der Waals surface area (Å²) in [6.45, 7) is 5.96. The Morgan fingerprint density at radius 2 is 2.18 bits per heavy atom. The monoisotopic (exact) mass is 377 g/mol. The van der Waals surface area contributed by atoms with E-state index in [9.17, 15) is 9.59 Å². The number of rotatable bonds is 5. The lowest BCUT2D eigenvalue weighted by molar-refractivity contribution is -0.116. The van der Waals surface area contributed by atoms with Crippen LogP contribution >= 0.6 is 0 Å². The number of nitrogens with zero attached hydrogens (tertiary/aromatic N) is 3. The highest BCUT2D eigenvalue weighted by Gasteiger charge is 2.33. The minimum atomic E-state index is -0.306. The molecule has 0 unspecified atom stereocenters. The zero-order chi connectivity index (χ0) is 19.7. The highest BCUT2D eigenvalue weighted by molar-refractivity contribution is 5.95. The number of hydrogen-bond donors (Lipinski definition) is 2. The van der Waals surface area contributed by atoms with Gasteiger partial charge in [-0.2, -0.15) is 14.9 Å². The van der Waals surface area contributed by atoms with Gasteiger partial charge in [0, 0.05) is 24.0 Å². The molecule has 2 N–H and O–H groups in total. The molecule has 1 amide bonds. The Morgan fingerprint density at radius 1 is 1.32 bits per heavy atom. The molecule has 0 bridgehead atoms. The van der Waals surface area contributed by atoms with Gasteiger partial charge in [-0.3, -0.25) is 9.59 Å². The number of aromatic nitrogens is 4. The predicted molar refractivity (Wildman–Crippen MR) is 104 cm³/mol. The zero-order valence-corrected chi connectivity index (χ0v) is 15.3. The lowest BCUT2D eigenvalue weighted by atomic mass is 9.86. The number of amides is 1. The Hall–Kier alpha value is -3.68. The molecule has 1 atom stereocenters. The maximum atomic E-state index is 12.4. The Labute approximate surface area is 160 Å². The molecule has 0 saturated heterocycles. The molecule has 2 aromatic heterocycles. The van der Waals surface area contributed by atoms with Gasteiger partial charge in [-0.1, -0.05) is 24.8 Å². The Morgan fingerprint density at radius 3 is 2.93 bits per heavy atom. The summed E-state index contributed by atoms with van der Waals surface area (Å²) in [5, 5.41) is 13.9. The molecule has 1 aromatic carbocycles. The van der Waals surface area contributed by atoms with Crippen molar-refractivity contribution in [3.63, 3.8) is 0 Å². The zero-order valence-electron chi connectivity index (χ0n) is 15.3. The third-order valence-electron chi connectivity index (χ3n) is 4.61. The molecule has 8 heteroatoms. The SMILES string of the molecule is C=CCOc1cccc([C@@H]2CC(=O)Nc3c2c(C)nn3-c2ccc(=O)[nH]n2)c1. The smallest absolute Gasteiger partial charge is 0.264 e. The van der Waals surface area contributed by atoms with Gasteiger partial charge in [0.05, 0.1) is 5.69 Å². The van der Waals surface area contributed by atoms with Crippen LogP contribution in [0, 0.1) is 6.92 Å². The molecule has 28 heavy (non-hydrogen) atoms. The number of benzene rings is 1. The standard InChI is InChI=1S/C20H19N5O3/c1-3-9-28-14-6-4-5-13(10-14)15-11-18(27)21-20-19(15)12(2)24-25(20)16-7-8-17(26)23-22-16/h3-8,10,15H,1,9,11H2,2H3,(H,21,27)(H,23,26)/t15-/m0/s1. The van der Waals surface area contributed by atoms with Crippen LogP contribution in [0.2, 0.25) is 0 Å². The van der Waals surface area contributed by atoms with Gasteiger partial charge < -0.3 is 10.1 Å². The van der Waals surface area contributed by atoms with E-state index in [0.29, 0.717) is 24.7 Å². The maximum absolute atomic E-state index is 12.4. The number of carbonyl (C=O) groups excluding carboxylic acids is 1. The summed E-state index contributed by atoms with van der Waals surface area (Å²) in [4.78, 5) is 23.7. The molecule has 0 aliphatic carbocycles. The number of hydrogen-bond acceptors (Lipinski definition) is 5. The average Bonchev–Trinajstić information content (AvgIpc) is 3.03. The molecule has 4 rings (SSSR count). The lowest BCUT2D eigenvalue weighted by Gasteiger charge is -2.24. The average molecular weight is 377 g/mol. The van der Waals surface area contributed by atoms with E-state index in [1.54, 1.807) is 16.8 Å². The van der Waals surface area contributed by atoms with E-state index < -0.39 is 0 Å². The van der Waals surface area contributed by atoms with E-state index in [0.717, 1.165) is 22.6 Å². The van der Waals surface area contributed by atoms with Gasteiger partial charge in [-0.25, -0.2) is 5.10 Å². The van der Waals surface area contributed by atoms with Gasteiger partial charge in [-0.15, -0.1) is 0 Å². The van der Waals surface area contributed by atoms with Crippen LogP contribution in [-0.2, 0) is 4.79 Å². The summed E-state index contributed by atoms with van der Waals surface area (Å²) in [5.41, 5.74) is 2.37. The summed E-state index contributed by atoms with van der Waals surface area (Å²) in [7, 11) is 0. The maximum Gasteiger partial charge on any atom is 0.264 e.